The Morgan fingerprint density at radius 2 is 0.600 bits per heavy atom. The summed E-state index contributed by atoms with van der Waals surface area (Å²) in [7, 11) is -1.70. The molecule has 0 aliphatic carbocycles. The zero-order chi connectivity index (χ0) is 37.2. The van der Waals surface area contributed by atoms with Gasteiger partial charge in [-0.2, -0.15) is 0 Å². The number of carbonyl (C=O) groups is 1. The number of esters is 1. The summed E-state index contributed by atoms with van der Waals surface area (Å²) in [5.74, 6) is -0.264. The van der Waals surface area contributed by atoms with Crippen molar-refractivity contribution in [1.82, 2.24) is 0 Å². The number of rotatable bonds is 37. The first kappa shape index (κ1) is 49.2. The van der Waals surface area contributed by atoms with Crippen LogP contribution in [-0.4, -0.2) is 172 Å². The monoisotopic (exact) mass is 744 g/mol. The first-order valence-electron chi connectivity index (χ1n) is 18.1. The molecule has 0 N–H and O–H groups in total. The lowest BCUT2D eigenvalue weighted by molar-refractivity contribution is -0.156. The van der Waals surface area contributed by atoms with Crippen molar-refractivity contribution in [1.29, 1.82) is 0 Å². The van der Waals surface area contributed by atoms with Gasteiger partial charge in [-0.05, 0) is 38.9 Å². The molecule has 0 amide bonds. The van der Waals surface area contributed by atoms with Crippen molar-refractivity contribution in [3.63, 3.8) is 0 Å². The molecule has 0 aromatic heterocycles. The molecule has 0 aliphatic rings. The topological polar surface area (TPSA) is 137 Å². The molecule has 50 heavy (non-hydrogen) atoms. The highest BCUT2D eigenvalue weighted by atomic mass is 28.4. The van der Waals surface area contributed by atoms with E-state index >= 15 is 0 Å². The second-order valence-corrected chi connectivity index (χ2v) is 18.5. The van der Waals surface area contributed by atoms with Gasteiger partial charge in [0.25, 0.3) is 0 Å². The smallest absolute Gasteiger partial charge is 0.308 e. The number of hydrogen-bond acceptors (Lipinski definition) is 14. The third-order valence-corrected chi connectivity index (χ3v) is 11.6. The molecule has 0 saturated heterocycles. The molecule has 0 atom stereocenters. The predicted octanol–water partition coefficient (Wildman–Crippen LogP) is 3.92. The SMILES string of the molecule is CC(C)(C)OC(=O)CCOCCOCCOCCOCCOCCOCCOCCOCCOCCOCCOCCO[Si](C)(C)C(C)(C)C. The molecular weight excluding hydrogens is 672 g/mol. The second-order valence-electron chi connectivity index (χ2n) is 13.7. The molecule has 0 spiro atoms. The molecule has 300 valence electrons. The molecule has 0 unspecified atom stereocenters. The summed E-state index contributed by atoms with van der Waals surface area (Å²) in [6.07, 6.45) is 0.232. The van der Waals surface area contributed by atoms with Crippen LogP contribution in [0.25, 0.3) is 0 Å². The van der Waals surface area contributed by atoms with E-state index in [1.165, 1.54) is 0 Å². The van der Waals surface area contributed by atoms with E-state index in [4.69, 9.17) is 61.3 Å². The van der Waals surface area contributed by atoms with Crippen LogP contribution in [0, 0.1) is 0 Å². The van der Waals surface area contributed by atoms with Crippen molar-refractivity contribution in [3.8, 4) is 0 Å². The zero-order valence-corrected chi connectivity index (χ0v) is 33.7. The molecule has 0 heterocycles. The van der Waals surface area contributed by atoms with E-state index in [1.807, 2.05) is 20.8 Å². The van der Waals surface area contributed by atoms with Crippen LogP contribution in [0.3, 0.4) is 0 Å². The summed E-state index contributed by atoms with van der Waals surface area (Å²) in [6.45, 7) is 28.2. The summed E-state index contributed by atoms with van der Waals surface area (Å²) in [6, 6.07) is 0. The highest BCUT2D eigenvalue weighted by molar-refractivity contribution is 6.74. The highest BCUT2D eigenvalue weighted by Gasteiger charge is 2.36. The summed E-state index contributed by atoms with van der Waals surface area (Å²) >= 11 is 0. The van der Waals surface area contributed by atoms with E-state index in [-0.39, 0.29) is 17.4 Å². The second kappa shape index (κ2) is 32.8. The predicted molar refractivity (Wildman–Crippen MR) is 193 cm³/mol. The Bertz CT molecular complexity index is 746. The van der Waals surface area contributed by atoms with Crippen molar-refractivity contribution in [2.75, 3.05) is 152 Å². The van der Waals surface area contributed by atoms with Crippen LogP contribution in [0.15, 0.2) is 0 Å². The Labute approximate surface area is 303 Å². The average molecular weight is 745 g/mol. The number of carbonyl (C=O) groups excluding carboxylic acids is 1. The fourth-order valence-electron chi connectivity index (χ4n) is 3.42. The van der Waals surface area contributed by atoms with Gasteiger partial charge < -0.3 is 61.3 Å². The Morgan fingerprint density at radius 3 is 0.820 bits per heavy atom. The molecule has 0 fully saturated rings. The fourth-order valence-corrected chi connectivity index (χ4v) is 4.45. The standard InChI is InChI=1S/C35H72O14Si/c1-34(2,3)49-33(36)9-10-37-11-12-38-13-14-39-15-16-40-17-18-41-19-20-42-21-22-43-23-24-44-25-26-45-27-28-46-29-30-47-31-32-48-50(7,8)35(4,5)6/h9-32H2,1-8H3. The molecular formula is C35H72O14Si. The van der Waals surface area contributed by atoms with Gasteiger partial charge >= 0.3 is 5.97 Å². The van der Waals surface area contributed by atoms with Crippen LogP contribution in [0.1, 0.15) is 48.0 Å². The van der Waals surface area contributed by atoms with E-state index in [0.717, 1.165) is 0 Å². The fraction of sp³-hybridized carbons (Fsp3) is 0.971. The summed E-state index contributed by atoms with van der Waals surface area (Å²) < 4.78 is 71.6. The first-order valence-corrected chi connectivity index (χ1v) is 21.0. The van der Waals surface area contributed by atoms with E-state index in [9.17, 15) is 4.79 Å². The van der Waals surface area contributed by atoms with Crippen molar-refractivity contribution in [3.05, 3.63) is 0 Å². The van der Waals surface area contributed by atoms with E-state index < -0.39 is 13.9 Å². The van der Waals surface area contributed by atoms with Gasteiger partial charge in [0.05, 0.1) is 158 Å². The Kier molecular flexibility index (Phi) is 32.3. The maximum atomic E-state index is 11.6. The highest BCUT2D eigenvalue weighted by Crippen LogP contribution is 2.36. The lowest BCUT2D eigenvalue weighted by atomic mass is 10.2. The Balaban J connectivity index is 3.16. The van der Waals surface area contributed by atoms with Gasteiger partial charge in [-0.3, -0.25) is 4.79 Å². The van der Waals surface area contributed by atoms with Gasteiger partial charge in [-0.25, -0.2) is 0 Å². The van der Waals surface area contributed by atoms with Crippen molar-refractivity contribution in [2.45, 2.75) is 71.7 Å². The van der Waals surface area contributed by atoms with Crippen molar-refractivity contribution < 1.29 is 66.1 Å². The molecule has 15 heteroatoms. The van der Waals surface area contributed by atoms with Crippen LogP contribution in [0.4, 0.5) is 0 Å². The third kappa shape index (κ3) is 35.6. The molecule has 0 bridgehead atoms. The summed E-state index contributed by atoms with van der Waals surface area (Å²) in [5.41, 5.74) is -0.474. The zero-order valence-electron chi connectivity index (χ0n) is 32.7. The van der Waals surface area contributed by atoms with Crippen LogP contribution < -0.4 is 0 Å². The molecule has 0 saturated carbocycles. The Morgan fingerprint density at radius 1 is 0.380 bits per heavy atom. The van der Waals surface area contributed by atoms with Crippen LogP contribution >= 0.6 is 0 Å². The minimum atomic E-state index is -1.70. The third-order valence-electron chi connectivity index (χ3n) is 7.09. The molecule has 0 rings (SSSR count). The van der Waals surface area contributed by atoms with Crippen molar-refractivity contribution in [2.24, 2.45) is 0 Å². The summed E-state index contributed by atoms with van der Waals surface area (Å²) in [4.78, 5) is 11.6. The summed E-state index contributed by atoms with van der Waals surface area (Å²) in [5, 5.41) is 0.213. The molecule has 0 radical (unpaired) electrons. The van der Waals surface area contributed by atoms with E-state index in [0.29, 0.717) is 152 Å². The van der Waals surface area contributed by atoms with Gasteiger partial charge in [0.2, 0.25) is 0 Å². The maximum absolute atomic E-state index is 11.6. The van der Waals surface area contributed by atoms with Crippen LogP contribution in [0.5, 0.6) is 0 Å². The lowest BCUT2D eigenvalue weighted by Gasteiger charge is -2.36. The maximum Gasteiger partial charge on any atom is 0.308 e. The normalized spacial score (nSPS) is 12.6. The van der Waals surface area contributed by atoms with Gasteiger partial charge in [0.15, 0.2) is 8.32 Å². The van der Waals surface area contributed by atoms with Gasteiger partial charge in [0.1, 0.15) is 5.60 Å². The quantitative estimate of drug-likeness (QED) is 0.0516. The van der Waals surface area contributed by atoms with Gasteiger partial charge in [-0.1, -0.05) is 20.8 Å². The van der Waals surface area contributed by atoms with Gasteiger partial charge in [0, 0.05) is 0 Å². The first-order chi connectivity index (χ1) is 23.9. The minimum Gasteiger partial charge on any atom is -0.460 e. The lowest BCUT2D eigenvalue weighted by Crippen LogP contribution is -2.41. The van der Waals surface area contributed by atoms with E-state index in [2.05, 4.69) is 33.9 Å². The molecule has 14 nitrogen and oxygen atoms in total. The van der Waals surface area contributed by atoms with Crippen LogP contribution in [-0.2, 0) is 66.1 Å². The Hall–Kier alpha value is -0.793. The molecule has 0 aromatic carbocycles. The average Bonchev–Trinajstić information content (AvgIpc) is 3.03. The molecule has 0 aliphatic heterocycles. The largest absolute Gasteiger partial charge is 0.460 e. The van der Waals surface area contributed by atoms with E-state index in [1.54, 1.807) is 0 Å². The van der Waals surface area contributed by atoms with Crippen LogP contribution in [0.2, 0.25) is 18.1 Å². The minimum absolute atomic E-state index is 0.213. The van der Waals surface area contributed by atoms with Crippen molar-refractivity contribution >= 4 is 14.3 Å². The molecule has 0 aromatic rings. The van der Waals surface area contributed by atoms with Gasteiger partial charge in [-0.15, -0.1) is 0 Å². The number of ether oxygens (including phenoxy) is 12. The number of hydrogen-bond donors (Lipinski definition) is 0.